The smallest absolute Gasteiger partial charge is 0.137 e. The second kappa shape index (κ2) is 4.23. The third kappa shape index (κ3) is 1.72. The number of hydrogen-bond donors (Lipinski definition) is 1. The highest BCUT2D eigenvalue weighted by Gasteiger charge is 2.38. The fraction of sp³-hybridized carbons (Fsp3) is 0.692. The maximum Gasteiger partial charge on any atom is 0.137 e. The lowest BCUT2D eigenvalue weighted by molar-refractivity contribution is 0.494. The molecule has 1 saturated heterocycles. The number of nitrogens with two attached hydrogens (primary N) is 1. The van der Waals surface area contributed by atoms with Crippen molar-refractivity contribution in [1.29, 1.82) is 0 Å². The molecule has 1 saturated carbocycles. The van der Waals surface area contributed by atoms with Crippen molar-refractivity contribution in [2.45, 2.75) is 26.2 Å². The van der Waals surface area contributed by atoms with E-state index in [-0.39, 0.29) is 0 Å². The zero-order chi connectivity index (χ0) is 12.9. The SMILES string of the molecule is Cc1nn(C)c(N2CC3CCCC3C2)c1C(N)=S. The van der Waals surface area contributed by atoms with Crippen LogP contribution in [0.2, 0.25) is 0 Å². The first-order chi connectivity index (χ1) is 8.58. The van der Waals surface area contributed by atoms with E-state index in [0.717, 1.165) is 42.0 Å². The van der Waals surface area contributed by atoms with Crippen LogP contribution in [0.1, 0.15) is 30.5 Å². The summed E-state index contributed by atoms with van der Waals surface area (Å²) in [6.07, 6.45) is 4.15. The van der Waals surface area contributed by atoms with Gasteiger partial charge in [0.25, 0.3) is 0 Å². The molecule has 98 valence electrons. The molecule has 0 aromatic carbocycles. The van der Waals surface area contributed by atoms with Crippen molar-refractivity contribution in [1.82, 2.24) is 9.78 Å². The molecule has 2 unspecified atom stereocenters. The quantitative estimate of drug-likeness (QED) is 0.824. The van der Waals surface area contributed by atoms with Crippen LogP contribution in [0.15, 0.2) is 0 Å². The molecule has 1 aromatic heterocycles. The van der Waals surface area contributed by atoms with E-state index in [1.165, 1.54) is 19.3 Å². The van der Waals surface area contributed by atoms with Gasteiger partial charge in [-0.3, -0.25) is 4.68 Å². The predicted octanol–water partition coefficient (Wildman–Crippen LogP) is 1.60. The number of nitrogens with zero attached hydrogens (tertiary/aromatic N) is 3. The molecule has 18 heavy (non-hydrogen) atoms. The molecule has 1 aliphatic carbocycles. The van der Waals surface area contributed by atoms with E-state index in [9.17, 15) is 0 Å². The number of thiocarbonyl (C=S) groups is 1. The Morgan fingerprint density at radius 1 is 1.33 bits per heavy atom. The fourth-order valence-electron chi connectivity index (χ4n) is 3.71. The molecule has 2 N–H and O–H groups in total. The molecule has 0 bridgehead atoms. The number of hydrogen-bond acceptors (Lipinski definition) is 3. The highest BCUT2D eigenvalue weighted by Crippen LogP contribution is 2.40. The maximum atomic E-state index is 5.86. The summed E-state index contributed by atoms with van der Waals surface area (Å²) in [7, 11) is 1.98. The van der Waals surface area contributed by atoms with E-state index < -0.39 is 0 Å². The molecule has 1 aliphatic heterocycles. The van der Waals surface area contributed by atoms with Crippen LogP contribution in [0.3, 0.4) is 0 Å². The molecule has 2 heterocycles. The number of aryl methyl sites for hydroxylation is 2. The van der Waals surface area contributed by atoms with E-state index in [0.29, 0.717) is 4.99 Å². The minimum absolute atomic E-state index is 0.465. The van der Waals surface area contributed by atoms with Gasteiger partial charge in [-0.1, -0.05) is 18.6 Å². The molecule has 1 aromatic rings. The fourth-order valence-corrected chi connectivity index (χ4v) is 3.94. The van der Waals surface area contributed by atoms with Crippen LogP contribution in [0, 0.1) is 18.8 Å². The van der Waals surface area contributed by atoms with E-state index in [1.807, 2.05) is 18.7 Å². The summed E-state index contributed by atoms with van der Waals surface area (Å²) < 4.78 is 1.94. The molecule has 4 nitrogen and oxygen atoms in total. The first kappa shape index (κ1) is 12.0. The van der Waals surface area contributed by atoms with Crippen LogP contribution < -0.4 is 10.6 Å². The van der Waals surface area contributed by atoms with Crippen molar-refractivity contribution in [3.63, 3.8) is 0 Å². The summed E-state index contributed by atoms with van der Waals surface area (Å²) in [5.74, 6) is 2.84. The van der Waals surface area contributed by atoms with Crippen molar-refractivity contribution in [3.8, 4) is 0 Å². The van der Waals surface area contributed by atoms with Gasteiger partial charge in [0.1, 0.15) is 10.8 Å². The zero-order valence-corrected chi connectivity index (χ0v) is 11.8. The molecular weight excluding hydrogens is 244 g/mol. The van der Waals surface area contributed by atoms with Crippen molar-refractivity contribution in [2.24, 2.45) is 24.6 Å². The third-order valence-electron chi connectivity index (χ3n) is 4.46. The Morgan fingerprint density at radius 3 is 2.50 bits per heavy atom. The topological polar surface area (TPSA) is 47.1 Å². The normalized spacial score (nSPS) is 26.7. The minimum atomic E-state index is 0.465. The average Bonchev–Trinajstić information content (AvgIpc) is 2.89. The lowest BCUT2D eigenvalue weighted by Crippen LogP contribution is -2.26. The van der Waals surface area contributed by atoms with Gasteiger partial charge in [-0.15, -0.1) is 0 Å². The molecule has 5 heteroatoms. The Labute approximate surface area is 113 Å². The molecule has 0 radical (unpaired) electrons. The summed E-state index contributed by atoms with van der Waals surface area (Å²) in [4.78, 5) is 2.90. The van der Waals surface area contributed by atoms with Gasteiger partial charge in [0.2, 0.25) is 0 Å². The van der Waals surface area contributed by atoms with Crippen LogP contribution in [0.5, 0.6) is 0 Å². The van der Waals surface area contributed by atoms with Crippen molar-refractivity contribution < 1.29 is 0 Å². The second-order valence-corrected chi connectivity index (χ2v) is 6.07. The average molecular weight is 264 g/mol. The lowest BCUT2D eigenvalue weighted by atomic mass is 10.0. The minimum Gasteiger partial charge on any atom is -0.389 e. The number of aromatic nitrogens is 2. The summed E-state index contributed by atoms with van der Waals surface area (Å²) in [6, 6.07) is 0. The molecule has 2 fully saturated rings. The van der Waals surface area contributed by atoms with Crippen LogP contribution in [0.25, 0.3) is 0 Å². The highest BCUT2D eigenvalue weighted by atomic mass is 32.1. The Balaban J connectivity index is 1.95. The van der Waals surface area contributed by atoms with Crippen molar-refractivity contribution in [2.75, 3.05) is 18.0 Å². The van der Waals surface area contributed by atoms with Gasteiger partial charge in [0.05, 0.1) is 11.3 Å². The molecular formula is C13H20N4S. The Bertz CT molecular complexity index is 481. The third-order valence-corrected chi connectivity index (χ3v) is 4.67. The first-order valence-corrected chi connectivity index (χ1v) is 7.07. The summed E-state index contributed by atoms with van der Waals surface area (Å²) in [6.45, 7) is 4.26. The van der Waals surface area contributed by atoms with Crippen LogP contribution in [0.4, 0.5) is 5.82 Å². The first-order valence-electron chi connectivity index (χ1n) is 6.66. The van der Waals surface area contributed by atoms with Gasteiger partial charge < -0.3 is 10.6 Å². The predicted molar refractivity (Wildman–Crippen MR) is 76.9 cm³/mol. The van der Waals surface area contributed by atoms with Crippen LogP contribution in [-0.2, 0) is 7.05 Å². The van der Waals surface area contributed by atoms with E-state index in [2.05, 4.69) is 10.00 Å². The monoisotopic (exact) mass is 264 g/mol. The lowest BCUT2D eigenvalue weighted by Gasteiger charge is -2.21. The van der Waals surface area contributed by atoms with Gasteiger partial charge in [-0.25, -0.2) is 0 Å². The van der Waals surface area contributed by atoms with Crippen LogP contribution in [-0.4, -0.2) is 27.9 Å². The van der Waals surface area contributed by atoms with E-state index in [4.69, 9.17) is 18.0 Å². The standard InChI is InChI=1S/C13H20N4S/c1-8-11(12(14)18)13(16(2)15-8)17-6-9-4-3-5-10(9)7-17/h9-10H,3-7H2,1-2H3,(H2,14,18). The largest absolute Gasteiger partial charge is 0.389 e. The van der Waals surface area contributed by atoms with Crippen molar-refractivity contribution >= 4 is 23.0 Å². The van der Waals surface area contributed by atoms with Crippen LogP contribution >= 0.6 is 12.2 Å². The summed E-state index contributed by atoms with van der Waals surface area (Å²) in [5, 5.41) is 4.48. The van der Waals surface area contributed by atoms with Gasteiger partial charge in [0, 0.05) is 20.1 Å². The number of fused-ring (bicyclic) bond motifs is 1. The molecule has 3 rings (SSSR count). The maximum absolute atomic E-state index is 5.86. The Kier molecular flexibility index (Phi) is 2.81. The number of rotatable bonds is 2. The van der Waals surface area contributed by atoms with Gasteiger partial charge in [0.15, 0.2) is 0 Å². The zero-order valence-electron chi connectivity index (χ0n) is 11.0. The molecule has 0 spiro atoms. The second-order valence-electron chi connectivity index (χ2n) is 5.63. The highest BCUT2D eigenvalue weighted by molar-refractivity contribution is 7.80. The van der Waals surface area contributed by atoms with Gasteiger partial charge >= 0.3 is 0 Å². The van der Waals surface area contributed by atoms with E-state index >= 15 is 0 Å². The molecule has 0 amide bonds. The van der Waals surface area contributed by atoms with Gasteiger partial charge in [-0.2, -0.15) is 5.10 Å². The van der Waals surface area contributed by atoms with Crippen molar-refractivity contribution in [3.05, 3.63) is 11.3 Å². The Morgan fingerprint density at radius 2 is 1.94 bits per heavy atom. The summed E-state index contributed by atoms with van der Waals surface area (Å²) >= 11 is 5.18. The Hall–Kier alpha value is -1.10. The number of anilines is 1. The summed E-state index contributed by atoms with van der Waals surface area (Å²) in [5.41, 5.74) is 7.77. The molecule has 2 aliphatic rings. The van der Waals surface area contributed by atoms with E-state index in [1.54, 1.807) is 0 Å². The van der Waals surface area contributed by atoms with Gasteiger partial charge in [-0.05, 0) is 31.6 Å². The molecule has 2 atom stereocenters.